The van der Waals surface area contributed by atoms with Crippen LogP contribution in [0.1, 0.15) is 44.6 Å². The van der Waals surface area contributed by atoms with Crippen LogP contribution < -0.4 is 10.6 Å². The average molecular weight is 306 g/mol. The van der Waals surface area contributed by atoms with Crippen LogP contribution in [0.5, 0.6) is 0 Å². The molecule has 1 aliphatic rings. The Morgan fingerprint density at radius 2 is 2.10 bits per heavy atom. The number of nitrogens with one attached hydrogen (secondary N) is 2. The van der Waals surface area contributed by atoms with Crippen LogP contribution in [0, 0.1) is 11.3 Å². The van der Waals surface area contributed by atoms with Crippen molar-refractivity contribution < 1.29 is 4.79 Å². The van der Waals surface area contributed by atoms with Crippen LogP contribution in [0.3, 0.4) is 0 Å². The van der Waals surface area contributed by atoms with Crippen LogP contribution in [0.2, 0.25) is 5.02 Å². The largest absolute Gasteiger partial charge is 0.373 e. The van der Waals surface area contributed by atoms with Crippen molar-refractivity contribution in [2.45, 2.75) is 51.1 Å². The maximum atomic E-state index is 12.2. The van der Waals surface area contributed by atoms with Crippen molar-refractivity contribution in [2.24, 2.45) is 0 Å². The van der Waals surface area contributed by atoms with Crippen LogP contribution in [-0.2, 0) is 4.79 Å². The minimum atomic E-state index is -0.364. The lowest BCUT2D eigenvalue weighted by atomic mass is 9.95. The number of hydrogen-bond acceptors (Lipinski definition) is 3. The smallest absolute Gasteiger partial charge is 0.242 e. The number of anilines is 1. The summed E-state index contributed by atoms with van der Waals surface area (Å²) in [6.45, 7) is 1.81. The zero-order chi connectivity index (χ0) is 15.2. The first kappa shape index (κ1) is 15.7. The van der Waals surface area contributed by atoms with E-state index in [-0.39, 0.29) is 11.9 Å². The molecule has 1 aromatic carbocycles. The van der Waals surface area contributed by atoms with Gasteiger partial charge in [0.2, 0.25) is 5.91 Å². The summed E-state index contributed by atoms with van der Waals surface area (Å²) in [5.74, 6) is -0.0117. The molecule has 1 aliphatic carbocycles. The van der Waals surface area contributed by atoms with Gasteiger partial charge >= 0.3 is 0 Å². The molecule has 0 radical (unpaired) electrons. The molecule has 1 unspecified atom stereocenters. The zero-order valence-corrected chi connectivity index (χ0v) is 12.9. The highest BCUT2D eigenvalue weighted by atomic mass is 35.5. The van der Waals surface area contributed by atoms with E-state index in [1.54, 1.807) is 18.2 Å². The SMILES string of the molecule is CC(Nc1ccc(C#N)cc1Cl)C(=O)NC1CCCCC1. The summed E-state index contributed by atoms with van der Waals surface area (Å²) < 4.78 is 0. The molecule has 112 valence electrons. The van der Waals surface area contributed by atoms with Crippen molar-refractivity contribution in [1.29, 1.82) is 5.26 Å². The predicted octanol–water partition coefficient (Wildman–Crippen LogP) is 3.46. The summed E-state index contributed by atoms with van der Waals surface area (Å²) in [5.41, 5.74) is 1.17. The molecule has 5 heteroatoms. The summed E-state index contributed by atoms with van der Waals surface area (Å²) >= 11 is 6.10. The number of halogens is 1. The molecule has 1 saturated carbocycles. The van der Waals surface area contributed by atoms with Crippen LogP contribution in [0.4, 0.5) is 5.69 Å². The summed E-state index contributed by atoms with van der Waals surface area (Å²) in [4.78, 5) is 12.2. The Morgan fingerprint density at radius 3 is 2.71 bits per heavy atom. The van der Waals surface area contributed by atoms with E-state index in [9.17, 15) is 4.79 Å². The first-order valence-corrected chi connectivity index (χ1v) is 7.74. The van der Waals surface area contributed by atoms with Crippen molar-refractivity contribution in [1.82, 2.24) is 5.32 Å². The van der Waals surface area contributed by atoms with Gasteiger partial charge in [-0.2, -0.15) is 5.26 Å². The molecule has 4 nitrogen and oxygen atoms in total. The highest BCUT2D eigenvalue weighted by Gasteiger charge is 2.20. The number of amides is 1. The number of rotatable bonds is 4. The van der Waals surface area contributed by atoms with Gasteiger partial charge in [0.1, 0.15) is 6.04 Å². The second-order valence-electron chi connectivity index (χ2n) is 5.52. The number of nitrogens with zero attached hydrogens (tertiary/aromatic N) is 1. The van der Waals surface area contributed by atoms with Gasteiger partial charge < -0.3 is 10.6 Å². The lowest BCUT2D eigenvalue weighted by Crippen LogP contribution is -2.44. The first-order valence-electron chi connectivity index (χ1n) is 7.36. The van der Waals surface area contributed by atoms with E-state index in [0.717, 1.165) is 12.8 Å². The van der Waals surface area contributed by atoms with E-state index in [4.69, 9.17) is 16.9 Å². The minimum absolute atomic E-state index is 0.0117. The maximum absolute atomic E-state index is 12.2. The Bertz CT molecular complexity index is 547. The Kier molecular flexibility index (Phi) is 5.46. The number of carbonyl (C=O) groups excluding carboxylic acids is 1. The highest BCUT2D eigenvalue weighted by Crippen LogP contribution is 2.23. The lowest BCUT2D eigenvalue weighted by Gasteiger charge is -2.25. The molecular formula is C16H20ClN3O. The number of carbonyl (C=O) groups is 1. The molecule has 0 bridgehead atoms. The fourth-order valence-electron chi connectivity index (χ4n) is 2.57. The standard InChI is InChI=1S/C16H20ClN3O/c1-11(16(21)20-13-5-3-2-4-6-13)19-15-8-7-12(10-18)9-14(15)17/h7-9,11,13,19H,2-6H2,1H3,(H,20,21). The molecule has 0 aliphatic heterocycles. The normalized spacial score (nSPS) is 16.8. The quantitative estimate of drug-likeness (QED) is 0.895. The van der Waals surface area contributed by atoms with Crippen LogP contribution in [0.25, 0.3) is 0 Å². The van der Waals surface area contributed by atoms with Gasteiger partial charge in [-0.3, -0.25) is 4.79 Å². The monoisotopic (exact) mass is 305 g/mol. The van der Waals surface area contributed by atoms with E-state index >= 15 is 0 Å². The fourth-order valence-corrected chi connectivity index (χ4v) is 2.81. The van der Waals surface area contributed by atoms with Gasteiger partial charge in [-0.05, 0) is 38.0 Å². The first-order chi connectivity index (χ1) is 10.1. The minimum Gasteiger partial charge on any atom is -0.373 e. The third-order valence-corrected chi connectivity index (χ3v) is 4.13. The van der Waals surface area contributed by atoms with E-state index < -0.39 is 0 Å². The van der Waals surface area contributed by atoms with Gasteiger partial charge in [-0.1, -0.05) is 30.9 Å². The lowest BCUT2D eigenvalue weighted by molar-refractivity contribution is -0.122. The molecule has 1 atom stereocenters. The van der Waals surface area contributed by atoms with E-state index in [2.05, 4.69) is 10.6 Å². The summed E-state index contributed by atoms with van der Waals surface area (Å²) in [5, 5.41) is 15.4. The van der Waals surface area contributed by atoms with Crippen molar-refractivity contribution in [3.63, 3.8) is 0 Å². The maximum Gasteiger partial charge on any atom is 0.242 e. The van der Waals surface area contributed by atoms with Gasteiger partial charge in [0.25, 0.3) is 0 Å². The van der Waals surface area contributed by atoms with E-state index in [1.165, 1.54) is 19.3 Å². The number of hydrogen-bond donors (Lipinski definition) is 2. The molecule has 0 aromatic heterocycles. The van der Waals surface area contributed by atoms with E-state index in [1.807, 2.05) is 13.0 Å². The molecular weight excluding hydrogens is 286 g/mol. The molecule has 1 amide bonds. The summed E-state index contributed by atoms with van der Waals surface area (Å²) in [6.07, 6.45) is 5.77. The van der Waals surface area contributed by atoms with Gasteiger partial charge in [0.05, 0.1) is 22.3 Å². The van der Waals surface area contributed by atoms with Gasteiger partial charge in [0, 0.05) is 6.04 Å². The van der Waals surface area contributed by atoms with Crippen molar-refractivity contribution in [3.05, 3.63) is 28.8 Å². The Balaban J connectivity index is 1.92. The van der Waals surface area contributed by atoms with Crippen molar-refractivity contribution in [3.8, 4) is 6.07 Å². The zero-order valence-electron chi connectivity index (χ0n) is 12.2. The molecule has 1 aromatic rings. The molecule has 21 heavy (non-hydrogen) atoms. The summed E-state index contributed by atoms with van der Waals surface area (Å²) in [6, 6.07) is 6.97. The van der Waals surface area contributed by atoms with Crippen molar-refractivity contribution >= 4 is 23.2 Å². The average Bonchev–Trinajstić information content (AvgIpc) is 2.50. The Hall–Kier alpha value is -1.73. The van der Waals surface area contributed by atoms with Crippen molar-refractivity contribution in [2.75, 3.05) is 5.32 Å². The third-order valence-electron chi connectivity index (χ3n) is 3.82. The highest BCUT2D eigenvalue weighted by molar-refractivity contribution is 6.33. The number of nitriles is 1. The topological polar surface area (TPSA) is 64.9 Å². The Morgan fingerprint density at radius 1 is 1.38 bits per heavy atom. The second-order valence-corrected chi connectivity index (χ2v) is 5.92. The third kappa shape index (κ3) is 4.37. The fraction of sp³-hybridized carbons (Fsp3) is 0.500. The molecule has 0 saturated heterocycles. The second kappa shape index (κ2) is 7.33. The van der Waals surface area contributed by atoms with Gasteiger partial charge in [0.15, 0.2) is 0 Å². The van der Waals surface area contributed by atoms with Gasteiger partial charge in [-0.25, -0.2) is 0 Å². The molecule has 2 N–H and O–H groups in total. The van der Waals surface area contributed by atoms with Crippen LogP contribution in [0.15, 0.2) is 18.2 Å². The molecule has 0 heterocycles. The predicted molar refractivity (Wildman–Crippen MR) is 84.3 cm³/mol. The molecule has 2 rings (SSSR count). The molecule has 1 fully saturated rings. The Labute approximate surface area is 130 Å². The number of benzene rings is 1. The van der Waals surface area contributed by atoms with Gasteiger partial charge in [-0.15, -0.1) is 0 Å². The summed E-state index contributed by atoms with van der Waals surface area (Å²) in [7, 11) is 0. The van der Waals surface area contributed by atoms with E-state index in [0.29, 0.717) is 22.3 Å². The van der Waals surface area contributed by atoms with Crippen LogP contribution in [-0.4, -0.2) is 18.0 Å². The van der Waals surface area contributed by atoms with Crippen LogP contribution >= 0.6 is 11.6 Å². The molecule has 0 spiro atoms.